The molecule has 0 unspecified atom stereocenters. The number of sulfonamides is 1. The molecule has 1 amide bonds. The lowest BCUT2D eigenvalue weighted by molar-refractivity contribution is -0.120. The van der Waals surface area contributed by atoms with E-state index in [1.165, 1.54) is 22.5 Å². The summed E-state index contributed by atoms with van der Waals surface area (Å²) in [6.07, 6.45) is 1.07. The van der Waals surface area contributed by atoms with E-state index in [0.717, 1.165) is 17.4 Å². The van der Waals surface area contributed by atoms with Crippen LogP contribution in [0.1, 0.15) is 18.7 Å². The quantitative estimate of drug-likeness (QED) is 0.588. The predicted octanol–water partition coefficient (Wildman–Crippen LogP) is 3.94. The normalized spacial score (nSPS) is 17.6. The Morgan fingerprint density at radius 1 is 1.39 bits per heavy atom. The third-order valence-electron chi connectivity index (χ3n) is 4.90. The minimum Gasteiger partial charge on any atom is -0.339 e. The second kappa shape index (κ2) is 8.65. The number of anilines is 1. The van der Waals surface area contributed by atoms with Gasteiger partial charge < -0.3 is 9.84 Å². The van der Waals surface area contributed by atoms with Gasteiger partial charge >= 0.3 is 0 Å². The topological polar surface area (TPSA) is 105 Å². The van der Waals surface area contributed by atoms with Gasteiger partial charge in [0.2, 0.25) is 17.6 Å². The molecule has 164 valence electrons. The molecule has 3 aromatic rings. The number of hydrogen-bond acceptors (Lipinski definition) is 7. The fraction of sp³-hybridized carbons (Fsp3) is 0.316. The molecule has 1 atom stereocenters. The number of thiophene rings is 1. The van der Waals surface area contributed by atoms with Crippen molar-refractivity contribution in [3.8, 4) is 11.4 Å². The maximum Gasteiger partial charge on any atom is 0.252 e. The van der Waals surface area contributed by atoms with Crippen LogP contribution in [0.3, 0.4) is 0 Å². The number of aryl methyl sites for hydroxylation is 1. The molecule has 12 heteroatoms. The van der Waals surface area contributed by atoms with E-state index >= 15 is 0 Å². The minimum atomic E-state index is -3.79. The highest BCUT2D eigenvalue weighted by Gasteiger charge is 2.34. The minimum absolute atomic E-state index is 0.0432. The van der Waals surface area contributed by atoms with E-state index in [0.29, 0.717) is 36.7 Å². The van der Waals surface area contributed by atoms with Gasteiger partial charge in [-0.05, 0) is 37.1 Å². The molecule has 0 saturated carbocycles. The Hall–Kier alpha value is -2.34. The van der Waals surface area contributed by atoms with Gasteiger partial charge in [0.25, 0.3) is 10.0 Å². The highest BCUT2D eigenvalue weighted by atomic mass is 35.5. The number of rotatable bonds is 5. The number of nitrogens with zero attached hydrogens (tertiary/aromatic N) is 3. The molecular formula is C19H18ClFN4O4S2. The van der Waals surface area contributed by atoms with Crippen LogP contribution in [0, 0.1) is 18.7 Å². The number of nitrogens with one attached hydrogen (secondary N) is 1. The molecule has 0 radical (unpaired) electrons. The third kappa shape index (κ3) is 4.64. The monoisotopic (exact) mass is 484 g/mol. The molecule has 1 aliphatic rings. The lowest BCUT2D eigenvalue weighted by Crippen LogP contribution is -2.43. The summed E-state index contributed by atoms with van der Waals surface area (Å²) in [7, 11) is -3.79. The van der Waals surface area contributed by atoms with Crippen molar-refractivity contribution in [1.29, 1.82) is 0 Å². The molecule has 1 N–H and O–H groups in total. The lowest BCUT2D eigenvalue weighted by atomic mass is 9.98. The van der Waals surface area contributed by atoms with E-state index in [4.69, 9.17) is 16.1 Å². The first-order valence-electron chi connectivity index (χ1n) is 9.39. The van der Waals surface area contributed by atoms with Gasteiger partial charge in [-0.25, -0.2) is 12.8 Å². The Kier molecular flexibility index (Phi) is 6.11. The summed E-state index contributed by atoms with van der Waals surface area (Å²) in [4.78, 5) is 16.8. The van der Waals surface area contributed by atoms with Crippen molar-refractivity contribution in [2.24, 2.45) is 5.92 Å². The van der Waals surface area contributed by atoms with E-state index in [9.17, 15) is 17.6 Å². The van der Waals surface area contributed by atoms with Gasteiger partial charge in [-0.3, -0.25) is 4.79 Å². The lowest BCUT2D eigenvalue weighted by Gasteiger charge is -2.30. The van der Waals surface area contributed by atoms with Crippen LogP contribution in [0.5, 0.6) is 0 Å². The zero-order valence-electron chi connectivity index (χ0n) is 16.3. The Morgan fingerprint density at radius 2 is 2.19 bits per heavy atom. The van der Waals surface area contributed by atoms with Crippen LogP contribution in [-0.4, -0.2) is 41.9 Å². The molecule has 1 fully saturated rings. The van der Waals surface area contributed by atoms with Crippen molar-refractivity contribution in [3.63, 3.8) is 0 Å². The van der Waals surface area contributed by atoms with Gasteiger partial charge in [0.15, 0.2) is 0 Å². The smallest absolute Gasteiger partial charge is 0.252 e. The molecule has 0 bridgehead atoms. The summed E-state index contributed by atoms with van der Waals surface area (Å²) in [5, 5.41) is 8.20. The predicted molar refractivity (Wildman–Crippen MR) is 114 cm³/mol. The Balaban J connectivity index is 1.48. The summed E-state index contributed by atoms with van der Waals surface area (Å²) in [5.74, 6) is -0.713. The van der Waals surface area contributed by atoms with Gasteiger partial charge in [0.1, 0.15) is 10.0 Å². The molecule has 1 aliphatic heterocycles. The maximum absolute atomic E-state index is 13.2. The SMILES string of the molecule is Cc1nc(-c2csc(S(=O)(=O)N3CCC[C@H](C(=O)Nc4ccc(F)cc4Cl)C3)c2)no1. The molecule has 8 nitrogen and oxygen atoms in total. The Bertz CT molecular complexity index is 1230. The summed E-state index contributed by atoms with van der Waals surface area (Å²) in [6, 6.07) is 5.18. The van der Waals surface area contributed by atoms with Crippen molar-refractivity contribution < 1.29 is 22.1 Å². The third-order valence-corrected chi connectivity index (χ3v) is 8.49. The molecule has 2 aromatic heterocycles. The second-order valence-electron chi connectivity index (χ2n) is 7.11. The van der Waals surface area contributed by atoms with Gasteiger partial charge in [-0.15, -0.1) is 11.3 Å². The maximum atomic E-state index is 13.2. The van der Waals surface area contributed by atoms with Crippen LogP contribution < -0.4 is 5.32 Å². The number of halogens is 2. The summed E-state index contributed by atoms with van der Waals surface area (Å²) >= 11 is 7.04. The molecule has 0 aliphatic carbocycles. The van der Waals surface area contributed by atoms with Crippen LogP contribution in [0.15, 0.2) is 38.4 Å². The summed E-state index contributed by atoms with van der Waals surface area (Å²) in [5.41, 5.74) is 0.837. The van der Waals surface area contributed by atoms with Crippen LogP contribution in [0.4, 0.5) is 10.1 Å². The zero-order chi connectivity index (χ0) is 22.2. The van der Waals surface area contributed by atoms with Gasteiger partial charge in [-0.2, -0.15) is 9.29 Å². The highest BCUT2D eigenvalue weighted by molar-refractivity contribution is 7.91. The fourth-order valence-corrected chi connectivity index (χ4v) is 6.36. The van der Waals surface area contributed by atoms with Crippen LogP contribution in [0.2, 0.25) is 5.02 Å². The van der Waals surface area contributed by atoms with Crippen molar-refractivity contribution in [1.82, 2.24) is 14.4 Å². The first-order valence-corrected chi connectivity index (χ1v) is 12.1. The summed E-state index contributed by atoms with van der Waals surface area (Å²) in [6.45, 7) is 2.01. The first-order chi connectivity index (χ1) is 14.7. The molecular weight excluding hydrogens is 467 g/mol. The zero-order valence-corrected chi connectivity index (χ0v) is 18.7. The first kappa shape index (κ1) is 21.9. The molecule has 31 heavy (non-hydrogen) atoms. The second-order valence-corrected chi connectivity index (χ2v) is 10.6. The standard InChI is InChI=1S/C19H18ClFN4O4S2/c1-11-22-18(24-29-11)13-7-17(30-10-13)31(27,28)25-6-2-3-12(9-25)19(26)23-16-5-4-14(21)8-15(16)20/h4-5,7-8,10,12H,2-3,6,9H2,1H3,(H,23,26)/t12-/m0/s1. The van der Waals surface area contributed by atoms with E-state index < -0.39 is 21.8 Å². The van der Waals surface area contributed by atoms with Crippen LogP contribution >= 0.6 is 22.9 Å². The van der Waals surface area contributed by atoms with Crippen molar-refractivity contribution in [3.05, 3.63) is 46.4 Å². The van der Waals surface area contributed by atoms with Gasteiger partial charge in [-0.1, -0.05) is 16.8 Å². The number of aromatic nitrogens is 2. The van der Waals surface area contributed by atoms with Crippen molar-refractivity contribution in [2.45, 2.75) is 24.0 Å². The van der Waals surface area contributed by atoms with E-state index in [1.54, 1.807) is 12.3 Å². The summed E-state index contributed by atoms with van der Waals surface area (Å²) < 4.78 is 45.9. The molecule has 3 heterocycles. The number of carbonyl (C=O) groups is 1. The fourth-order valence-electron chi connectivity index (χ4n) is 3.31. The molecule has 1 saturated heterocycles. The molecule has 4 rings (SSSR count). The largest absolute Gasteiger partial charge is 0.339 e. The van der Waals surface area contributed by atoms with Crippen LogP contribution in [-0.2, 0) is 14.8 Å². The highest BCUT2D eigenvalue weighted by Crippen LogP contribution is 2.32. The van der Waals surface area contributed by atoms with E-state index in [2.05, 4.69) is 15.5 Å². The molecule has 0 spiro atoms. The van der Waals surface area contributed by atoms with Crippen molar-refractivity contribution >= 4 is 44.6 Å². The average Bonchev–Trinajstić information content (AvgIpc) is 3.39. The number of benzene rings is 1. The van der Waals surface area contributed by atoms with Gasteiger partial charge in [0, 0.05) is 31.0 Å². The van der Waals surface area contributed by atoms with Gasteiger partial charge in [0.05, 0.1) is 16.6 Å². The average molecular weight is 485 g/mol. The Labute approximate surface area is 187 Å². The van der Waals surface area contributed by atoms with E-state index in [-0.39, 0.29) is 27.4 Å². The number of amides is 1. The molecule has 1 aromatic carbocycles. The number of piperidine rings is 1. The number of carbonyl (C=O) groups excluding carboxylic acids is 1. The Morgan fingerprint density at radius 3 is 2.90 bits per heavy atom. The van der Waals surface area contributed by atoms with Crippen LogP contribution in [0.25, 0.3) is 11.4 Å². The van der Waals surface area contributed by atoms with E-state index in [1.807, 2.05) is 0 Å². The number of hydrogen-bond donors (Lipinski definition) is 1. The van der Waals surface area contributed by atoms with Crippen molar-refractivity contribution in [2.75, 3.05) is 18.4 Å².